The lowest BCUT2D eigenvalue weighted by Gasteiger charge is -1.99. The monoisotopic (exact) mass is 193 g/mol. The molecule has 0 N–H and O–H groups in total. The molecule has 1 saturated carbocycles. The number of hydrogen-bond donors (Lipinski definition) is 0. The molecule has 15 heavy (non-hydrogen) atoms. The van der Waals surface area contributed by atoms with Gasteiger partial charge in [0.15, 0.2) is 0 Å². The SMILES string of the molecule is c1ccc([C]2CC2c2ccccc2)cc1. The zero-order valence-electron chi connectivity index (χ0n) is 8.56. The summed E-state index contributed by atoms with van der Waals surface area (Å²) in [5.41, 5.74) is 2.86. The Labute approximate surface area is 90.6 Å². The summed E-state index contributed by atoms with van der Waals surface area (Å²) < 4.78 is 0. The molecule has 0 nitrogen and oxygen atoms in total. The normalized spacial score (nSPS) is 20.1. The first-order valence-corrected chi connectivity index (χ1v) is 5.41. The minimum atomic E-state index is 0.675. The van der Waals surface area contributed by atoms with Gasteiger partial charge in [-0.15, -0.1) is 0 Å². The summed E-state index contributed by atoms with van der Waals surface area (Å²) in [5.74, 6) is 2.26. The maximum atomic E-state index is 2.22. The molecule has 2 aromatic rings. The molecule has 0 heteroatoms. The van der Waals surface area contributed by atoms with Gasteiger partial charge in [-0.05, 0) is 23.5 Å². The van der Waals surface area contributed by atoms with Crippen molar-refractivity contribution in [3.63, 3.8) is 0 Å². The van der Waals surface area contributed by atoms with E-state index in [0.717, 1.165) is 0 Å². The van der Waals surface area contributed by atoms with E-state index in [1.165, 1.54) is 17.5 Å². The van der Waals surface area contributed by atoms with E-state index in [2.05, 4.69) is 60.7 Å². The van der Waals surface area contributed by atoms with Gasteiger partial charge in [-0.2, -0.15) is 0 Å². The predicted molar refractivity (Wildman–Crippen MR) is 62.6 cm³/mol. The van der Waals surface area contributed by atoms with Gasteiger partial charge in [0, 0.05) is 5.92 Å². The molecule has 2 aromatic carbocycles. The van der Waals surface area contributed by atoms with E-state index in [4.69, 9.17) is 0 Å². The van der Waals surface area contributed by atoms with Crippen LogP contribution in [0.3, 0.4) is 0 Å². The van der Waals surface area contributed by atoms with Crippen LogP contribution in [-0.2, 0) is 0 Å². The third-order valence-electron chi connectivity index (χ3n) is 3.03. The largest absolute Gasteiger partial charge is 0.0622 e. The Morgan fingerprint density at radius 2 is 1.33 bits per heavy atom. The molecule has 1 aliphatic rings. The highest BCUT2D eigenvalue weighted by molar-refractivity contribution is 5.48. The highest BCUT2D eigenvalue weighted by Crippen LogP contribution is 2.53. The molecule has 0 aromatic heterocycles. The van der Waals surface area contributed by atoms with Gasteiger partial charge in [0.1, 0.15) is 0 Å². The van der Waals surface area contributed by atoms with Gasteiger partial charge in [0.25, 0.3) is 0 Å². The number of rotatable bonds is 2. The Balaban J connectivity index is 1.81. The molecule has 1 fully saturated rings. The van der Waals surface area contributed by atoms with E-state index in [1.54, 1.807) is 5.92 Å². The van der Waals surface area contributed by atoms with E-state index in [-0.39, 0.29) is 0 Å². The zero-order chi connectivity index (χ0) is 10.1. The molecule has 0 saturated heterocycles. The Kier molecular flexibility index (Phi) is 2.06. The van der Waals surface area contributed by atoms with Crippen molar-refractivity contribution in [1.82, 2.24) is 0 Å². The standard InChI is InChI=1S/C15H13/c1-3-7-12(8-4-1)14-11-15(14)13-9-5-2-6-10-13/h1-10,14H,11H2. The lowest BCUT2D eigenvalue weighted by Crippen LogP contribution is -1.83. The second-order valence-corrected chi connectivity index (χ2v) is 4.06. The average molecular weight is 193 g/mol. The van der Waals surface area contributed by atoms with Crippen LogP contribution in [0.25, 0.3) is 0 Å². The zero-order valence-corrected chi connectivity index (χ0v) is 8.56. The first kappa shape index (κ1) is 8.72. The molecule has 0 bridgehead atoms. The summed E-state index contributed by atoms with van der Waals surface area (Å²) in [6, 6.07) is 21.5. The number of hydrogen-bond acceptors (Lipinski definition) is 0. The minimum Gasteiger partial charge on any atom is -0.0622 e. The van der Waals surface area contributed by atoms with Crippen LogP contribution < -0.4 is 0 Å². The molecule has 0 amide bonds. The van der Waals surface area contributed by atoms with Gasteiger partial charge in [0.2, 0.25) is 0 Å². The highest BCUT2D eigenvalue weighted by atomic mass is 14.4. The van der Waals surface area contributed by atoms with Gasteiger partial charge in [-0.3, -0.25) is 0 Å². The van der Waals surface area contributed by atoms with Crippen molar-refractivity contribution in [2.75, 3.05) is 0 Å². The molecule has 0 heterocycles. The summed E-state index contributed by atoms with van der Waals surface area (Å²) in [6.45, 7) is 0. The van der Waals surface area contributed by atoms with E-state index in [9.17, 15) is 0 Å². The van der Waals surface area contributed by atoms with Crippen molar-refractivity contribution < 1.29 is 0 Å². The Morgan fingerprint density at radius 3 is 2.00 bits per heavy atom. The van der Waals surface area contributed by atoms with Crippen LogP contribution in [0.2, 0.25) is 0 Å². The van der Waals surface area contributed by atoms with Gasteiger partial charge in [0.05, 0.1) is 0 Å². The fourth-order valence-corrected chi connectivity index (χ4v) is 2.14. The topological polar surface area (TPSA) is 0 Å². The minimum absolute atomic E-state index is 0.675. The fraction of sp³-hybridized carbons (Fsp3) is 0.133. The van der Waals surface area contributed by atoms with Crippen LogP contribution in [-0.4, -0.2) is 0 Å². The molecule has 1 unspecified atom stereocenters. The van der Waals surface area contributed by atoms with Crippen molar-refractivity contribution in [3.05, 3.63) is 77.7 Å². The van der Waals surface area contributed by atoms with Crippen LogP contribution in [0.4, 0.5) is 0 Å². The highest BCUT2D eigenvalue weighted by Gasteiger charge is 2.39. The first-order chi connectivity index (χ1) is 7.45. The van der Waals surface area contributed by atoms with Gasteiger partial charge >= 0.3 is 0 Å². The summed E-state index contributed by atoms with van der Waals surface area (Å²) >= 11 is 0. The molecule has 1 aliphatic carbocycles. The molecule has 1 radical (unpaired) electrons. The lowest BCUT2D eigenvalue weighted by molar-refractivity contribution is 1.14. The molecular weight excluding hydrogens is 180 g/mol. The van der Waals surface area contributed by atoms with Crippen LogP contribution in [0.1, 0.15) is 23.5 Å². The van der Waals surface area contributed by atoms with E-state index in [0.29, 0.717) is 5.92 Å². The van der Waals surface area contributed by atoms with Crippen molar-refractivity contribution in [2.45, 2.75) is 12.3 Å². The second-order valence-electron chi connectivity index (χ2n) is 4.06. The van der Waals surface area contributed by atoms with Gasteiger partial charge in [-0.1, -0.05) is 60.7 Å². The third kappa shape index (κ3) is 1.68. The predicted octanol–water partition coefficient (Wildman–Crippen LogP) is 3.80. The van der Waals surface area contributed by atoms with Crippen LogP contribution in [0, 0.1) is 5.92 Å². The Bertz CT molecular complexity index is 387. The Morgan fingerprint density at radius 1 is 0.733 bits per heavy atom. The smallest absolute Gasteiger partial charge is 0.0131 e. The van der Waals surface area contributed by atoms with Crippen LogP contribution >= 0.6 is 0 Å². The van der Waals surface area contributed by atoms with E-state index < -0.39 is 0 Å². The average Bonchev–Trinajstić information content (AvgIpc) is 3.11. The molecule has 0 spiro atoms. The quantitative estimate of drug-likeness (QED) is 0.680. The third-order valence-corrected chi connectivity index (χ3v) is 3.03. The molecule has 3 rings (SSSR count). The molecule has 0 aliphatic heterocycles. The summed E-state index contributed by atoms with van der Waals surface area (Å²) in [7, 11) is 0. The first-order valence-electron chi connectivity index (χ1n) is 5.41. The Hall–Kier alpha value is -1.56. The lowest BCUT2D eigenvalue weighted by atomic mass is 10.0. The maximum Gasteiger partial charge on any atom is 0.0131 e. The summed E-state index contributed by atoms with van der Waals surface area (Å²) in [4.78, 5) is 0. The number of benzene rings is 2. The summed E-state index contributed by atoms with van der Waals surface area (Å²) in [5, 5.41) is 0. The van der Waals surface area contributed by atoms with Crippen LogP contribution in [0.5, 0.6) is 0 Å². The van der Waals surface area contributed by atoms with E-state index in [1.807, 2.05) is 0 Å². The van der Waals surface area contributed by atoms with Gasteiger partial charge < -0.3 is 0 Å². The van der Waals surface area contributed by atoms with Crippen molar-refractivity contribution >= 4 is 0 Å². The molecular formula is C15H13. The second kappa shape index (κ2) is 3.54. The molecule has 73 valence electrons. The van der Waals surface area contributed by atoms with Crippen molar-refractivity contribution in [2.24, 2.45) is 0 Å². The van der Waals surface area contributed by atoms with E-state index >= 15 is 0 Å². The maximum absolute atomic E-state index is 2.22. The molecule has 1 atom stereocenters. The van der Waals surface area contributed by atoms with Crippen molar-refractivity contribution in [1.29, 1.82) is 0 Å². The van der Waals surface area contributed by atoms with Gasteiger partial charge in [-0.25, -0.2) is 0 Å². The van der Waals surface area contributed by atoms with Crippen molar-refractivity contribution in [3.8, 4) is 0 Å². The fourth-order valence-electron chi connectivity index (χ4n) is 2.14. The van der Waals surface area contributed by atoms with Crippen LogP contribution in [0.15, 0.2) is 60.7 Å². The summed E-state index contributed by atoms with van der Waals surface area (Å²) in [6.07, 6.45) is 1.23.